The molecule has 2 fully saturated rings. The molecule has 1 saturated heterocycles. The van der Waals surface area contributed by atoms with Crippen LogP contribution in [-0.2, 0) is 20.5 Å². The second kappa shape index (κ2) is 6.66. The third-order valence-corrected chi connectivity index (χ3v) is 7.10. The van der Waals surface area contributed by atoms with E-state index < -0.39 is 15.7 Å². The summed E-state index contributed by atoms with van der Waals surface area (Å²) in [5.74, 6) is 1.05. The van der Waals surface area contributed by atoms with E-state index in [1.54, 1.807) is 0 Å². The van der Waals surface area contributed by atoms with Crippen LogP contribution in [0.25, 0.3) is 0 Å². The van der Waals surface area contributed by atoms with Gasteiger partial charge in [-0.2, -0.15) is 0 Å². The molecule has 4 heteroatoms. The van der Waals surface area contributed by atoms with Gasteiger partial charge >= 0.3 is 0 Å². The Morgan fingerprint density at radius 3 is 2.39 bits per heavy atom. The highest BCUT2D eigenvalue weighted by atomic mass is 32.2. The zero-order valence-electron chi connectivity index (χ0n) is 14.7. The fourth-order valence-corrected chi connectivity index (χ4v) is 6.21. The molecular formula is C19H30NO2S+. The number of benzene rings is 1. The maximum absolute atomic E-state index is 13.3. The van der Waals surface area contributed by atoms with Crippen LogP contribution >= 0.6 is 0 Å². The zero-order valence-corrected chi connectivity index (χ0v) is 15.5. The summed E-state index contributed by atoms with van der Waals surface area (Å²) < 4.78 is 20.8. The number of nitrogens with zero attached hydrogens (tertiary/aromatic N) is 1. The summed E-state index contributed by atoms with van der Waals surface area (Å²) in [6, 6.07) is 10.3. The van der Waals surface area contributed by atoms with Crippen molar-refractivity contribution in [3.63, 3.8) is 0 Å². The van der Waals surface area contributed by atoms with E-state index in [1.165, 1.54) is 19.3 Å². The van der Waals surface area contributed by atoms with Gasteiger partial charge in [-0.25, -0.2) is 0 Å². The minimum absolute atomic E-state index is 0.0814. The van der Waals surface area contributed by atoms with Crippen molar-refractivity contribution < 1.29 is 13.4 Å². The van der Waals surface area contributed by atoms with Crippen LogP contribution in [0, 0.1) is 5.92 Å². The van der Waals surface area contributed by atoms with E-state index in [1.807, 2.05) is 18.2 Å². The van der Waals surface area contributed by atoms with Crippen molar-refractivity contribution in [3.8, 4) is 0 Å². The first-order valence-corrected chi connectivity index (χ1v) is 10.2. The summed E-state index contributed by atoms with van der Waals surface area (Å²) in [5.41, 5.74) is 1.12. The first-order valence-electron chi connectivity index (χ1n) is 8.84. The lowest BCUT2D eigenvalue weighted by Crippen LogP contribution is -2.44. The van der Waals surface area contributed by atoms with E-state index in [4.69, 9.17) is 4.74 Å². The van der Waals surface area contributed by atoms with Crippen LogP contribution in [-0.4, -0.2) is 48.2 Å². The Bertz CT molecular complexity index is 548. The molecule has 0 bridgehead atoms. The van der Waals surface area contributed by atoms with E-state index in [2.05, 4.69) is 33.3 Å². The van der Waals surface area contributed by atoms with Crippen molar-refractivity contribution >= 4 is 10.8 Å². The molecule has 23 heavy (non-hydrogen) atoms. The fourth-order valence-electron chi connectivity index (χ4n) is 4.20. The molecule has 1 aliphatic carbocycles. The third-order valence-electron chi connectivity index (χ3n) is 5.09. The van der Waals surface area contributed by atoms with Crippen LogP contribution in [0.4, 0.5) is 0 Å². The monoisotopic (exact) mass is 336 g/mol. The highest BCUT2D eigenvalue weighted by Gasteiger charge is 2.54. The van der Waals surface area contributed by atoms with E-state index >= 15 is 0 Å². The van der Waals surface area contributed by atoms with Gasteiger partial charge in [-0.15, -0.1) is 0 Å². The van der Waals surface area contributed by atoms with Gasteiger partial charge in [0.25, 0.3) is 0 Å². The maximum atomic E-state index is 13.3. The van der Waals surface area contributed by atoms with Crippen molar-refractivity contribution in [2.24, 2.45) is 5.92 Å². The zero-order chi connectivity index (χ0) is 16.5. The van der Waals surface area contributed by atoms with Crippen molar-refractivity contribution in [2.45, 2.75) is 43.1 Å². The van der Waals surface area contributed by atoms with Crippen molar-refractivity contribution in [2.75, 3.05) is 33.4 Å². The molecule has 0 unspecified atom stereocenters. The molecule has 3 nitrogen and oxygen atoms in total. The standard InChI is InChI=1S/C19H30NO2S/c1-20(2,3)14-18-15-23(21)19(22-18,16-10-6-4-7-11-16)17-12-8-5-9-13-17/h4,6-7,10-11,17-18H,5,8-9,12-15H2,1-3H3/q+1/t18-,19-,23-/m1/s1. The lowest BCUT2D eigenvalue weighted by molar-refractivity contribution is -0.873. The summed E-state index contributed by atoms with van der Waals surface area (Å²) in [7, 11) is 5.56. The van der Waals surface area contributed by atoms with Gasteiger partial charge in [0.2, 0.25) is 0 Å². The Kier molecular flexibility index (Phi) is 4.96. The number of likely N-dealkylation sites (N-methyl/N-ethyl adjacent to an activating group) is 1. The molecule has 0 N–H and O–H groups in total. The van der Waals surface area contributed by atoms with Gasteiger partial charge in [-0.05, 0) is 18.4 Å². The van der Waals surface area contributed by atoms with Crippen LogP contribution in [0.2, 0.25) is 0 Å². The fraction of sp³-hybridized carbons (Fsp3) is 0.684. The Labute approximate surface area is 143 Å². The Hall–Kier alpha value is -0.710. The van der Waals surface area contributed by atoms with Crippen LogP contribution in [0.5, 0.6) is 0 Å². The van der Waals surface area contributed by atoms with Gasteiger partial charge < -0.3 is 9.22 Å². The topological polar surface area (TPSA) is 26.3 Å². The lowest BCUT2D eigenvalue weighted by atomic mass is 9.82. The Morgan fingerprint density at radius 2 is 1.78 bits per heavy atom. The molecule has 3 rings (SSSR count). The van der Waals surface area contributed by atoms with Crippen molar-refractivity contribution in [3.05, 3.63) is 35.9 Å². The average molecular weight is 337 g/mol. The normalized spacial score (nSPS) is 33.0. The third kappa shape index (κ3) is 3.54. The van der Waals surface area contributed by atoms with Crippen LogP contribution < -0.4 is 0 Å². The Morgan fingerprint density at radius 1 is 1.13 bits per heavy atom. The van der Waals surface area contributed by atoms with Gasteiger partial charge in [0, 0.05) is 5.92 Å². The number of ether oxygens (including phenoxy) is 1. The van der Waals surface area contributed by atoms with Crippen molar-refractivity contribution in [1.29, 1.82) is 0 Å². The van der Waals surface area contributed by atoms with Gasteiger partial charge in [-0.1, -0.05) is 49.6 Å². The minimum Gasteiger partial charge on any atom is -0.347 e. The highest BCUT2D eigenvalue weighted by molar-refractivity contribution is 7.86. The number of rotatable bonds is 4. The molecule has 1 aromatic rings. The maximum Gasteiger partial charge on any atom is 0.171 e. The first-order chi connectivity index (χ1) is 10.9. The predicted octanol–water partition coefficient (Wildman–Crippen LogP) is 3.27. The highest BCUT2D eigenvalue weighted by Crippen LogP contribution is 2.48. The second-order valence-electron chi connectivity index (χ2n) is 8.09. The molecule has 1 aromatic carbocycles. The average Bonchev–Trinajstić information content (AvgIpc) is 2.84. The molecule has 1 saturated carbocycles. The molecule has 3 atom stereocenters. The molecule has 128 valence electrons. The van der Waals surface area contributed by atoms with E-state index in [0.29, 0.717) is 11.7 Å². The largest absolute Gasteiger partial charge is 0.347 e. The number of hydrogen-bond donors (Lipinski definition) is 0. The summed E-state index contributed by atoms with van der Waals surface area (Å²) in [4.78, 5) is -0.582. The lowest BCUT2D eigenvalue weighted by Gasteiger charge is -2.39. The van der Waals surface area contributed by atoms with E-state index in [9.17, 15) is 4.21 Å². The van der Waals surface area contributed by atoms with Crippen molar-refractivity contribution in [1.82, 2.24) is 0 Å². The van der Waals surface area contributed by atoms with Gasteiger partial charge in [-0.3, -0.25) is 4.21 Å². The molecular weight excluding hydrogens is 306 g/mol. The smallest absolute Gasteiger partial charge is 0.171 e. The molecule has 2 aliphatic rings. The van der Waals surface area contributed by atoms with Gasteiger partial charge in [0.1, 0.15) is 12.6 Å². The molecule has 1 aliphatic heterocycles. The van der Waals surface area contributed by atoms with Crippen LogP contribution in [0.3, 0.4) is 0 Å². The summed E-state index contributed by atoms with van der Waals surface area (Å²) >= 11 is 0. The summed E-state index contributed by atoms with van der Waals surface area (Å²) in [6.07, 6.45) is 6.13. The number of hydrogen-bond acceptors (Lipinski definition) is 2. The quantitative estimate of drug-likeness (QED) is 0.789. The minimum atomic E-state index is -0.965. The predicted molar refractivity (Wildman–Crippen MR) is 95.5 cm³/mol. The van der Waals surface area contributed by atoms with Crippen LogP contribution in [0.1, 0.15) is 37.7 Å². The number of quaternary nitrogens is 1. The second-order valence-corrected chi connectivity index (χ2v) is 9.72. The van der Waals surface area contributed by atoms with Gasteiger partial charge in [0.05, 0.1) is 37.7 Å². The van der Waals surface area contributed by atoms with E-state index in [-0.39, 0.29) is 6.10 Å². The molecule has 1 heterocycles. The summed E-state index contributed by atoms with van der Waals surface area (Å²) in [5, 5.41) is 0. The first kappa shape index (κ1) is 17.1. The molecule has 0 radical (unpaired) electrons. The SMILES string of the molecule is C[N+](C)(C)C[C@@H]1C[S@@](=O)[C@](c2ccccc2)(C2CCCCC2)O1. The van der Waals surface area contributed by atoms with Gasteiger partial charge in [0.15, 0.2) is 4.93 Å². The molecule has 0 spiro atoms. The Balaban J connectivity index is 1.94. The van der Waals surface area contributed by atoms with E-state index in [0.717, 1.165) is 29.4 Å². The van der Waals surface area contributed by atoms with Crippen LogP contribution in [0.15, 0.2) is 30.3 Å². The summed E-state index contributed by atoms with van der Waals surface area (Å²) in [6.45, 7) is 0.910. The molecule has 0 amide bonds. The molecule has 0 aromatic heterocycles.